The van der Waals surface area contributed by atoms with Crippen LogP contribution in [0.4, 0.5) is 0 Å². The van der Waals surface area contributed by atoms with Crippen molar-refractivity contribution in [2.75, 3.05) is 94.9 Å². The third-order valence-corrected chi connectivity index (χ3v) is 15.8. The average molecular weight is 1320 g/mol. The molecular formula is C60H78N14O20. The van der Waals surface area contributed by atoms with Crippen LogP contribution in [-0.4, -0.2) is 273 Å². The summed E-state index contributed by atoms with van der Waals surface area (Å²) >= 11 is 0. The maximum atomic E-state index is 14.8. The Morgan fingerprint density at radius 2 is 0.926 bits per heavy atom. The van der Waals surface area contributed by atoms with Gasteiger partial charge in [0.05, 0.1) is 62.6 Å². The van der Waals surface area contributed by atoms with Gasteiger partial charge in [-0.25, -0.2) is 30.4 Å². The van der Waals surface area contributed by atoms with Crippen molar-refractivity contribution in [3.05, 3.63) is 59.9 Å². The van der Waals surface area contributed by atoms with Crippen LogP contribution in [-0.2, 0) is 57.4 Å². The standard InChI is InChI=1S/C60H78N14O20/c1-59(2,89)49-57(87)93-29-37(67-53(83)47-41(75)23-31-21-33(91-9)15-17-35(31)65-47)55(85)73-39(13-11-19-63-73)51(81)62-26-44(78)70(6)28-46(80)72(8)50(60(3,4)90)58(88)94-30-38(68-54(84)48-42(76)24-32-22-34(92-10)16-18-36(32)66-48)56(86)74-40(14-12-20-64-74)52(82)61-25-43(77)69(5)27-45(79)71(49)7/h15-18,21-24,37-40,49-50,63-64,75-76,89-90H,11-14,19-20,25-30H2,1-10H3,(H,61,82)(H,62,81)(H,67,83)(H,68,84)/t37-,38-,39+,40+,49-,50-/m1/s1. The second-order valence-corrected chi connectivity index (χ2v) is 23.7. The van der Waals surface area contributed by atoms with Gasteiger partial charge in [0.25, 0.3) is 23.6 Å². The van der Waals surface area contributed by atoms with Crippen LogP contribution in [0.25, 0.3) is 21.8 Å². The molecule has 10 N–H and O–H groups in total. The van der Waals surface area contributed by atoms with Crippen molar-refractivity contribution in [3.8, 4) is 23.0 Å². The molecule has 6 atom stereocenters. The largest absolute Gasteiger partial charge is 0.505 e. The molecule has 5 heterocycles. The number of hydrogen-bond donors (Lipinski definition) is 10. The number of ether oxygens (including phenoxy) is 4. The number of hydrazine groups is 2. The first-order valence-electron chi connectivity index (χ1n) is 29.7. The average Bonchev–Trinajstić information content (AvgIpc) is 0.962. The Bertz CT molecular complexity index is 3380. The van der Waals surface area contributed by atoms with Crippen molar-refractivity contribution < 1.29 is 96.9 Å². The predicted molar refractivity (Wildman–Crippen MR) is 327 cm³/mol. The molecule has 34 heteroatoms. The maximum Gasteiger partial charge on any atom is 0.331 e. The number of aliphatic hydroxyl groups is 2. The second kappa shape index (κ2) is 30.1. The Morgan fingerprint density at radius 1 is 0.564 bits per heavy atom. The van der Waals surface area contributed by atoms with Gasteiger partial charge in [0.2, 0.25) is 35.4 Å². The Labute approximate surface area is 538 Å². The molecule has 3 fully saturated rings. The fourth-order valence-electron chi connectivity index (χ4n) is 10.7. The van der Waals surface area contributed by atoms with E-state index >= 15 is 0 Å². The zero-order valence-electron chi connectivity index (χ0n) is 53.5. The number of esters is 2. The number of nitrogens with zero attached hydrogens (tertiary/aromatic N) is 8. The number of aromatic hydroxyl groups is 2. The highest BCUT2D eigenvalue weighted by atomic mass is 16.5. The Balaban J connectivity index is 1.20. The summed E-state index contributed by atoms with van der Waals surface area (Å²) in [6.07, 6.45) is 0.473. The summed E-state index contributed by atoms with van der Waals surface area (Å²) in [6.45, 7) is -0.454. The number of likely N-dealkylation sites (N-methyl/N-ethyl adjacent to an activating group) is 4. The Hall–Kier alpha value is -10.1. The van der Waals surface area contributed by atoms with Gasteiger partial charge in [-0.15, -0.1) is 0 Å². The highest BCUT2D eigenvalue weighted by Gasteiger charge is 2.45. The lowest BCUT2D eigenvalue weighted by molar-refractivity contribution is -0.166. The number of hydrogen-bond acceptors (Lipinski definition) is 24. The van der Waals surface area contributed by atoms with Crippen molar-refractivity contribution in [3.63, 3.8) is 0 Å². The number of pyridine rings is 2. The van der Waals surface area contributed by atoms with E-state index in [4.69, 9.17) is 18.9 Å². The quantitative estimate of drug-likeness (QED) is 0.0767. The molecule has 0 aliphatic carbocycles. The molecule has 0 radical (unpaired) electrons. The van der Waals surface area contributed by atoms with Gasteiger partial charge in [-0.2, -0.15) is 0 Å². The summed E-state index contributed by atoms with van der Waals surface area (Å²) in [4.78, 5) is 182. The van der Waals surface area contributed by atoms with E-state index in [1.165, 1.54) is 64.7 Å². The van der Waals surface area contributed by atoms with Crippen LogP contribution in [0.15, 0.2) is 48.5 Å². The van der Waals surface area contributed by atoms with Gasteiger partial charge in [-0.05, 0) is 102 Å². The van der Waals surface area contributed by atoms with Gasteiger partial charge in [0, 0.05) is 52.1 Å². The van der Waals surface area contributed by atoms with E-state index in [1.807, 2.05) is 0 Å². The molecule has 2 aromatic heterocycles. The maximum absolute atomic E-state index is 14.8. The molecule has 4 aromatic rings. The lowest BCUT2D eigenvalue weighted by Gasteiger charge is -2.38. The fourth-order valence-corrected chi connectivity index (χ4v) is 10.7. The Kier molecular flexibility index (Phi) is 22.9. The minimum atomic E-state index is -2.13. The minimum absolute atomic E-state index is 0.0429. The summed E-state index contributed by atoms with van der Waals surface area (Å²) < 4.78 is 21.7. The van der Waals surface area contributed by atoms with Crippen molar-refractivity contribution in [1.82, 2.24) is 71.7 Å². The van der Waals surface area contributed by atoms with Crippen LogP contribution in [0, 0.1) is 0 Å². The van der Waals surface area contributed by atoms with Crippen molar-refractivity contribution >= 4 is 92.8 Å². The van der Waals surface area contributed by atoms with Gasteiger partial charge >= 0.3 is 11.9 Å². The molecule has 10 amide bonds. The topological polar surface area (TPSA) is 440 Å². The first-order valence-corrected chi connectivity index (χ1v) is 29.7. The molecule has 508 valence electrons. The first kappa shape index (κ1) is 71.4. The minimum Gasteiger partial charge on any atom is -0.505 e. The van der Waals surface area contributed by atoms with E-state index in [2.05, 4.69) is 42.1 Å². The van der Waals surface area contributed by atoms with E-state index in [0.717, 1.165) is 71.4 Å². The normalized spacial score (nSPS) is 22.5. The van der Waals surface area contributed by atoms with E-state index < -0.39 is 181 Å². The first-order chi connectivity index (χ1) is 44.2. The lowest BCUT2D eigenvalue weighted by atomic mass is 9.97. The summed E-state index contributed by atoms with van der Waals surface area (Å²) in [5.41, 5.74) is 0.577. The zero-order chi connectivity index (χ0) is 69.3. The monoisotopic (exact) mass is 1310 g/mol. The van der Waals surface area contributed by atoms with Gasteiger partial charge < -0.3 is 80.2 Å². The number of fused-ring (bicyclic) bond motifs is 4. The molecule has 34 nitrogen and oxygen atoms in total. The van der Waals surface area contributed by atoms with Crippen molar-refractivity contribution in [1.29, 1.82) is 0 Å². The predicted octanol–water partition coefficient (Wildman–Crippen LogP) is -3.46. The number of benzene rings is 2. The molecule has 0 saturated carbocycles. The van der Waals surface area contributed by atoms with Crippen LogP contribution in [0.5, 0.6) is 23.0 Å². The summed E-state index contributed by atoms with van der Waals surface area (Å²) in [5.74, 6) is -13.2. The molecule has 0 spiro atoms. The van der Waals surface area contributed by atoms with Crippen LogP contribution < -0.4 is 41.6 Å². The highest BCUT2D eigenvalue weighted by Crippen LogP contribution is 2.29. The van der Waals surface area contributed by atoms with Crippen molar-refractivity contribution in [2.45, 2.75) is 101 Å². The number of cyclic esters (lactones) is 2. The smallest absolute Gasteiger partial charge is 0.331 e. The second-order valence-electron chi connectivity index (χ2n) is 23.7. The molecule has 3 aliphatic rings. The highest BCUT2D eigenvalue weighted by molar-refractivity contribution is 6.03. The third kappa shape index (κ3) is 17.0. The molecule has 94 heavy (non-hydrogen) atoms. The van der Waals surface area contributed by atoms with Crippen LogP contribution >= 0.6 is 0 Å². The van der Waals surface area contributed by atoms with E-state index in [-0.39, 0.29) is 49.8 Å². The number of nitrogens with one attached hydrogen (secondary N) is 6. The number of amides is 10. The molecule has 0 bridgehead atoms. The summed E-state index contributed by atoms with van der Waals surface area (Å²) in [5, 5.41) is 57.0. The van der Waals surface area contributed by atoms with Gasteiger partial charge in [-0.3, -0.25) is 58.0 Å². The molecule has 3 aliphatic heterocycles. The molecule has 2 aromatic carbocycles. The van der Waals surface area contributed by atoms with Gasteiger partial charge in [0.1, 0.15) is 60.4 Å². The van der Waals surface area contributed by atoms with Crippen LogP contribution in [0.3, 0.4) is 0 Å². The number of carbonyl (C=O) groups excluding carboxylic acids is 12. The lowest BCUT2D eigenvalue weighted by Crippen LogP contribution is -2.64. The molecule has 3 saturated heterocycles. The van der Waals surface area contributed by atoms with E-state index in [9.17, 15) is 78.0 Å². The number of methoxy groups -OCH3 is 2. The fraction of sp³-hybridized carbons (Fsp3) is 0.500. The van der Waals surface area contributed by atoms with E-state index in [1.54, 1.807) is 12.1 Å². The SMILES string of the molecule is COc1ccc2nc(C(=O)N[C@@H]3COC(=O)[C@H](C(C)(C)O)N(C)C(=O)CN(C)C(=O)CNC(=O)[C@@H]4CCCNN4C(=O)[C@H](NC(=O)c4nc5ccc(OC)cc5cc4O)COC(=O)[C@H](C(C)(C)O)N(C)C(=O)CN(C)C(=O)CNC(=O)[C@@H]4CCCNN4C3=O)c(O)cc2c1. The zero-order valence-corrected chi connectivity index (χ0v) is 53.5. The van der Waals surface area contributed by atoms with Crippen LogP contribution in [0.1, 0.15) is 74.4 Å². The summed E-state index contributed by atoms with van der Waals surface area (Å²) in [7, 11) is 7.41. The number of aromatic nitrogens is 2. The molecular weight excluding hydrogens is 1240 g/mol. The molecule has 7 rings (SSSR count). The van der Waals surface area contributed by atoms with Gasteiger partial charge in [-0.1, -0.05) is 0 Å². The Morgan fingerprint density at radius 3 is 1.27 bits per heavy atom. The summed E-state index contributed by atoms with van der Waals surface area (Å²) in [6, 6.07) is 1.04. The third-order valence-electron chi connectivity index (χ3n) is 15.8. The molecule has 0 unspecified atom stereocenters. The number of rotatable bonds is 8. The van der Waals surface area contributed by atoms with Gasteiger partial charge in [0.15, 0.2) is 23.5 Å². The van der Waals surface area contributed by atoms with Crippen molar-refractivity contribution in [2.24, 2.45) is 0 Å². The number of carbonyl (C=O) groups is 12. The van der Waals surface area contributed by atoms with Crippen LogP contribution in [0.2, 0.25) is 0 Å². The van der Waals surface area contributed by atoms with E-state index in [0.29, 0.717) is 22.3 Å².